The molecule has 0 aliphatic carbocycles. The Kier molecular flexibility index (Phi) is 7.49. The molecule has 1 aliphatic rings. The number of hydrogen-bond donors (Lipinski definition) is 2. The molecule has 3 rings (SSSR count). The van der Waals surface area contributed by atoms with Crippen molar-refractivity contribution in [1.29, 1.82) is 0 Å². The van der Waals surface area contributed by atoms with Crippen LogP contribution in [-0.2, 0) is 24.4 Å². The molecule has 0 saturated carbocycles. The van der Waals surface area contributed by atoms with Crippen molar-refractivity contribution in [2.24, 2.45) is 0 Å². The molecule has 1 heterocycles. The first kappa shape index (κ1) is 21.1. The van der Waals surface area contributed by atoms with Crippen LogP contribution in [0.3, 0.4) is 0 Å². The Labute approximate surface area is 173 Å². The van der Waals surface area contributed by atoms with Crippen LogP contribution in [0.15, 0.2) is 48.5 Å². The Morgan fingerprint density at radius 3 is 2.48 bits per heavy atom. The first-order chi connectivity index (χ1) is 14.0. The number of rotatable bonds is 8. The van der Waals surface area contributed by atoms with Gasteiger partial charge in [0.05, 0.1) is 12.6 Å². The smallest absolute Gasteiger partial charge is 0.318 e. The number of phenols is 1. The van der Waals surface area contributed by atoms with Gasteiger partial charge in [0, 0.05) is 31.8 Å². The lowest BCUT2D eigenvalue weighted by Gasteiger charge is -2.26. The minimum absolute atomic E-state index is 0.0527. The third kappa shape index (κ3) is 6.48. The van der Waals surface area contributed by atoms with E-state index in [-0.39, 0.29) is 17.9 Å². The van der Waals surface area contributed by atoms with Gasteiger partial charge in [-0.2, -0.15) is 0 Å². The molecule has 1 aliphatic heterocycles. The molecular weight excluding hydrogens is 366 g/mol. The highest BCUT2D eigenvalue weighted by molar-refractivity contribution is 5.74. The average molecular weight is 398 g/mol. The largest absolute Gasteiger partial charge is 0.508 e. The number of nitrogens with one attached hydrogen (secondary N) is 1. The van der Waals surface area contributed by atoms with Crippen molar-refractivity contribution in [2.45, 2.75) is 38.6 Å². The second-order valence-electron chi connectivity index (χ2n) is 7.86. The summed E-state index contributed by atoms with van der Waals surface area (Å²) in [5.74, 6) is 0.203. The van der Waals surface area contributed by atoms with Crippen LogP contribution in [-0.4, -0.2) is 54.3 Å². The number of para-hydroxylation sites is 1. The molecule has 2 N–H and O–H groups in total. The molecule has 1 atom stereocenters. The summed E-state index contributed by atoms with van der Waals surface area (Å²) in [7, 11) is 4.09. The minimum Gasteiger partial charge on any atom is -0.508 e. The molecule has 0 radical (unpaired) electrons. The lowest BCUT2D eigenvalue weighted by Crippen LogP contribution is -2.43. The lowest BCUT2D eigenvalue weighted by atomic mass is 10.1. The number of hydrogen-bond acceptors (Lipinski definition) is 4. The van der Waals surface area contributed by atoms with Gasteiger partial charge in [0.25, 0.3) is 0 Å². The number of carbonyl (C=O) groups is 1. The van der Waals surface area contributed by atoms with Gasteiger partial charge in [-0.25, -0.2) is 4.79 Å². The van der Waals surface area contributed by atoms with E-state index in [1.807, 2.05) is 38.4 Å². The van der Waals surface area contributed by atoms with Crippen LogP contribution in [0, 0.1) is 0 Å². The summed E-state index contributed by atoms with van der Waals surface area (Å²) in [5.41, 5.74) is 3.03. The van der Waals surface area contributed by atoms with E-state index in [9.17, 15) is 9.90 Å². The zero-order chi connectivity index (χ0) is 20.6. The summed E-state index contributed by atoms with van der Waals surface area (Å²) in [4.78, 5) is 16.8. The number of benzene rings is 2. The number of urea groups is 1. The van der Waals surface area contributed by atoms with Gasteiger partial charge in [0.15, 0.2) is 0 Å². The maximum Gasteiger partial charge on any atom is 0.318 e. The van der Waals surface area contributed by atoms with Crippen LogP contribution in [0.4, 0.5) is 4.79 Å². The second-order valence-corrected chi connectivity index (χ2v) is 7.86. The summed E-state index contributed by atoms with van der Waals surface area (Å²) >= 11 is 0. The summed E-state index contributed by atoms with van der Waals surface area (Å²) in [6.07, 6.45) is 2.03. The first-order valence-electron chi connectivity index (χ1n) is 10.1. The van der Waals surface area contributed by atoms with Crippen LogP contribution in [0.25, 0.3) is 0 Å². The van der Waals surface area contributed by atoms with E-state index in [0.717, 1.165) is 37.1 Å². The van der Waals surface area contributed by atoms with Crippen molar-refractivity contribution in [3.8, 4) is 5.75 Å². The number of amides is 2. The monoisotopic (exact) mass is 397 g/mol. The van der Waals surface area contributed by atoms with E-state index in [4.69, 9.17) is 4.74 Å². The number of aromatic hydroxyl groups is 1. The fourth-order valence-corrected chi connectivity index (χ4v) is 3.52. The van der Waals surface area contributed by atoms with Gasteiger partial charge in [0.1, 0.15) is 5.75 Å². The molecule has 1 saturated heterocycles. The van der Waals surface area contributed by atoms with E-state index in [1.165, 1.54) is 5.56 Å². The highest BCUT2D eigenvalue weighted by Gasteiger charge is 2.23. The first-order valence-corrected chi connectivity index (χ1v) is 10.1. The number of carbonyl (C=O) groups excluding carboxylic acids is 1. The third-order valence-corrected chi connectivity index (χ3v) is 5.05. The molecule has 1 fully saturated rings. The zero-order valence-corrected chi connectivity index (χ0v) is 17.3. The lowest BCUT2D eigenvalue weighted by molar-refractivity contribution is 0.0792. The van der Waals surface area contributed by atoms with E-state index in [2.05, 4.69) is 22.3 Å². The Morgan fingerprint density at radius 1 is 1.10 bits per heavy atom. The fraction of sp³-hybridized carbons (Fsp3) is 0.435. The molecule has 0 spiro atoms. The predicted molar refractivity (Wildman–Crippen MR) is 114 cm³/mol. The quantitative estimate of drug-likeness (QED) is 0.717. The summed E-state index contributed by atoms with van der Waals surface area (Å²) in [6, 6.07) is 15.3. The molecule has 156 valence electrons. The van der Waals surface area contributed by atoms with Gasteiger partial charge in [-0.05, 0) is 44.1 Å². The Morgan fingerprint density at radius 2 is 1.83 bits per heavy atom. The summed E-state index contributed by atoms with van der Waals surface area (Å²) in [5, 5.41) is 13.1. The van der Waals surface area contributed by atoms with E-state index in [1.54, 1.807) is 17.0 Å². The third-order valence-electron chi connectivity index (χ3n) is 5.05. The highest BCUT2D eigenvalue weighted by Crippen LogP contribution is 2.20. The van der Waals surface area contributed by atoms with Crippen molar-refractivity contribution >= 4 is 6.03 Å². The van der Waals surface area contributed by atoms with Crippen molar-refractivity contribution in [3.63, 3.8) is 0 Å². The van der Waals surface area contributed by atoms with Gasteiger partial charge >= 0.3 is 6.03 Å². The Hall–Kier alpha value is -2.57. The molecule has 2 aromatic carbocycles. The molecule has 0 bridgehead atoms. The topological polar surface area (TPSA) is 65.0 Å². The average Bonchev–Trinajstić information content (AvgIpc) is 3.21. The molecular formula is C23H31N3O3. The van der Waals surface area contributed by atoms with Crippen molar-refractivity contribution in [3.05, 3.63) is 65.2 Å². The van der Waals surface area contributed by atoms with Crippen molar-refractivity contribution < 1.29 is 14.6 Å². The number of nitrogens with zero attached hydrogens (tertiary/aromatic N) is 2. The maximum absolute atomic E-state index is 12.9. The summed E-state index contributed by atoms with van der Waals surface area (Å²) in [6.45, 7) is 2.96. The molecule has 2 amide bonds. The van der Waals surface area contributed by atoms with Gasteiger partial charge in [-0.3, -0.25) is 0 Å². The van der Waals surface area contributed by atoms with Crippen LogP contribution >= 0.6 is 0 Å². The number of phenolic OH excluding ortho intramolecular Hbond substituents is 1. The Bertz CT molecular complexity index is 786. The molecule has 29 heavy (non-hydrogen) atoms. The van der Waals surface area contributed by atoms with Gasteiger partial charge < -0.3 is 25.0 Å². The van der Waals surface area contributed by atoms with Crippen LogP contribution < -0.4 is 5.32 Å². The van der Waals surface area contributed by atoms with Crippen LogP contribution in [0.2, 0.25) is 0 Å². The highest BCUT2D eigenvalue weighted by atomic mass is 16.5. The summed E-state index contributed by atoms with van der Waals surface area (Å²) < 4.78 is 5.72. The molecule has 0 aromatic heterocycles. The fourth-order valence-electron chi connectivity index (χ4n) is 3.52. The van der Waals surface area contributed by atoms with Crippen molar-refractivity contribution in [1.82, 2.24) is 15.1 Å². The normalized spacial score (nSPS) is 16.2. The maximum atomic E-state index is 12.9. The SMILES string of the molecule is CN(C)Cc1ccc(CNC(=O)N(Cc2ccccc2O)CC2CCCO2)cc1. The molecule has 1 unspecified atom stereocenters. The van der Waals surface area contributed by atoms with Gasteiger partial charge in [-0.15, -0.1) is 0 Å². The molecule has 2 aromatic rings. The molecule has 6 heteroatoms. The molecule has 6 nitrogen and oxygen atoms in total. The van der Waals surface area contributed by atoms with E-state index >= 15 is 0 Å². The predicted octanol–water partition coefficient (Wildman–Crippen LogP) is 3.34. The van der Waals surface area contributed by atoms with E-state index in [0.29, 0.717) is 19.6 Å². The zero-order valence-electron chi connectivity index (χ0n) is 17.3. The standard InChI is InChI=1S/C23H31N3O3/c1-25(2)15-19-11-9-18(10-12-19)14-24-23(28)26(17-21-7-5-13-29-21)16-20-6-3-4-8-22(20)27/h3-4,6,8-12,21,27H,5,7,13-17H2,1-2H3,(H,24,28). The van der Waals surface area contributed by atoms with Crippen molar-refractivity contribution in [2.75, 3.05) is 27.2 Å². The Balaban J connectivity index is 1.61. The second kappa shape index (κ2) is 10.3. The van der Waals surface area contributed by atoms with Crippen LogP contribution in [0.5, 0.6) is 5.75 Å². The minimum atomic E-state index is -0.152. The van der Waals surface area contributed by atoms with E-state index < -0.39 is 0 Å². The van der Waals surface area contributed by atoms with Gasteiger partial charge in [0.2, 0.25) is 0 Å². The van der Waals surface area contributed by atoms with Crippen LogP contribution in [0.1, 0.15) is 29.5 Å². The number of ether oxygens (including phenoxy) is 1. The van der Waals surface area contributed by atoms with Gasteiger partial charge in [-0.1, -0.05) is 42.5 Å².